The number of aryl methyl sites for hydroxylation is 1. The van der Waals surface area contributed by atoms with Crippen LogP contribution in [0, 0.1) is 6.92 Å². The van der Waals surface area contributed by atoms with E-state index in [0.717, 1.165) is 18.4 Å². The Balaban J connectivity index is 1.43. The Morgan fingerprint density at radius 2 is 1.91 bits per heavy atom. The molecule has 32 heavy (non-hydrogen) atoms. The summed E-state index contributed by atoms with van der Waals surface area (Å²) >= 11 is 0. The highest BCUT2D eigenvalue weighted by atomic mass is 16.2. The van der Waals surface area contributed by atoms with Crippen LogP contribution < -0.4 is 5.56 Å². The molecule has 2 aromatic heterocycles. The molecule has 8 nitrogen and oxygen atoms in total. The summed E-state index contributed by atoms with van der Waals surface area (Å²) in [6.07, 6.45) is 1.71. The predicted octanol–water partition coefficient (Wildman–Crippen LogP) is 2.89. The Hall–Kier alpha value is -3.81. The number of nitrogens with one attached hydrogen (secondary N) is 1. The number of H-pyrrole nitrogens is 1. The number of piperidine rings is 1. The molecule has 1 saturated heterocycles. The van der Waals surface area contributed by atoms with Crippen molar-refractivity contribution in [1.29, 1.82) is 0 Å². The summed E-state index contributed by atoms with van der Waals surface area (Å²) in [5.74, 6) is 0.543. The van der Waals surface area contributed by atoms with Crippen molar-refractivity contribution in [3.05, 3.63) is 87.5 Å². The Morgan fingerprint density at radius 1 is 1.12 bits per heavy atom. The van der Waals surface area contributed by atoms with Gasteiger partial charge in [0.2, 0.25) is 0 Å². The molecule has 1 amide bonds. The molecule has 0 unspecified atom stereocenters. The number of likely N-dealkylation sites (tertiary alicyclic amines) is 1. The van der Waals surface area contributed by atoms with Crippen LogP contribution in [0.15, 0.2) is 59.4 Å². The van der Waals surface area contributed by atoms with Crippen molar-refractivity contribution in [2.75, 3.05) is 13.1 Å². The number of fused-ring (bicyclic) bond motifs is 1. The molecule has 5 rings (SSSR count). The first kappa shape index (κ1) is 20.1. The van der Waals surface area contributed by atoms with Gasteiger partial charge in [-0.25, -0.2) is 9.67 Å². The standard InChI is InChI=1S/C24H24N6O2/c1-16-9-11-17(12-10-16)14-30-22-20(27-28-30)23(31)26-21(25-22)19-8-5-13-29(15-19)24(32)18-6-3-2-4-7-18/h2-4,6-7,9-12,19H,5,8,13-15H2,1H3,(H,25,26,31)/t19-/m1/s1. The van der Waals surface area contributed by atoms with Crippen LogP contribution >= 0.6 is 0 Å². The van der Waals surface area contributed by atoms with Crippen LogP contribution in [0.25, 0.3) is 11.2 Å². The maximum absolute atomic E-state index is 12.9. The van der Waals surface area contributed by atoms with Crippen molar-refractivity contribution < 1.29 is 4.79 Å². The van der Waals surface area contributed by atoms with E-state index in [0.29, 0.717) is 36.7 Å². The molecule has 2 aromatic carbocycles. The summed E-state index contributed by atoms with van der Waals surface area (Å²) in [6, 6.07) is 17.4. The van der Waals surface area contributed by atoms with Gasteiger partial charge in [0.05, 0.1) is 6.54 Å². The fourth-order valence-corrected chi connectivity index (χ4v) is 4.20. The molecular formula is C24H24N6O2. The monoisotopic (exact) mass is 428 g/mol. The van der Waals surface area contributed by atoms with Crippen LogP contribution in [0.3, 0.4) is 0 Å². The quantitative estimate of drug-likeness (QED) is 0.539. The van der Waals surface area contributed by atoms with Gasteiger partial charge in [0, 0.05) is 24.6 Å². The first-order chi connectivity index (χ1) is 15.6. The Kier molecular flexibility index (Phi) is 5.26. The minimum atomic E-state index is -0.299. The van der Waals surface area contributed by atoms with Crippen molar-refractivity contribution in [3.63, 3.8) is 0 Å². The molecule has 4 aromatic rings. The number of nitrogens with zero attached hydrogens (tertiary/aromatic N) is 5. The average molecular weight is 428 g/mol. The SMILES string of the molecule is Cc1ccc(Cn2nnc3c(=O)[nH]c([C@@H]4CCCN(C(=O)c5ccccc5)C4)nc32)cc1. The van der Waals surface area contributed by atoms with E-state index in [2.05, 4.69) is 15.3 Å². The molecule has 1 fully saturated rings. The van der Waals surface area contributed by atoms with Gasteiger partial charge in [-0.3, -0.25) is 9.59 Å². The zero-order valence-electron chi connectivity index (χ0n) is 17.9. The normalized spacial score (nSPS) is 16.4. The van der Waals surface area contributed by atoms with Crippen molar-refractivity contribution >= 4 is 17.1 Å². The molecule has 8 heteroatoms. The van der Waals surface area contributed by atoms with Crippen LogP contribution in [0.2, 0.25) is 0 Å². The number of carbonyl (C=O) groups is 1. The third-order valence-corrected chi connectivity index (χ3v) is 5.96. The van der Waals surface area contributed by atoms with E-state index < -0.39 is 0 Å². The highest BCUT2D eigenvalue weighted by Gasteiger charge is 2.28. The van der Waals surface area contributed by atoms with E-state index >= 15 is 0 Å². The number of rotatable bonds is 4. The van der Waals surface area contributed by atoms with E-state index in [1.54, 1.807) is 4.68 Å². The summed E-state index contributed by atoms with van der Waals surface area (Å²) in [4.78, 5) is 35.1. The van der Waals surface area contributed by atoms with E-state index in [9.17, 15) is 9.59 Å². The number of hydrogen-bond donors (Lipinski definition) is 1. The van der Waals surface area contributed by atoms with Gasteiger partial charge in [-0.2, -0.15) is 0 Å². The van der Waals surface area contributed by atoms with E-state index in [-0.39, 0.29) is 22.9 Å². The smallest absolute Gasteiger partial charge is 0.281 e. The van der Waals surface area contributed by atoms with Crippen molar-refractivity contribution in [1.82, 2.24) is 29.9 Å². The fourth-order valence-electron chi connectivity index (χ4n) is 4.20. The van der Waals surface area contributed by atoms with Crippen LogP contribution in [0.5, 0.6) is 0 Å². The van der Waals surface area contributed by atoms with Crippen molar-refractivity contribution in [2.45, 2.75) is 32.2 Å². The molecule has 3 heterocycles. The average Bonchev–Trinajstić information content (AvgIpc) is 3.24. The van der Waals surface area contributed by atoms with E-state index in [1.807, 2.05) is 66.4 Å². The molecule has 0 radical (unpaired) electrons. The largest absolute Gasteiger partial charge is 0.338 e. The van der Waals surface area contributed by atoms with Crippen LogP contribution in [-0.2, 0) is 6.54 Å². The highest BCUT2D eigenvalue weighted by molar-refractivity contribution is 5.94. The van der Waals surface area contributed by atoms with Crippen LogP contribution in [0.1, 0.15) is 46.1 Å². The summed E-state index contributed by atoms with van der Waals surface area (Å²) < 4.78 is 1.66. The number of carbonyl (C=O) groups excluding carboxylic acids is 1. The first-order valence-corrected chi connectivity index (χ1v) is 10.8. The van der Waals surface area contributed by atoms with E-state index in [4.69, 9.17) is 4.98 Å². The summed E-state index contributed by atoms with van der Waals surface area (Å²) in [5.41, 5.74) is 3.31. The van der Waals surface area contributed by atoms with Crippen molar-refractivity contribution in [2.24, 2.45) is 0 Å². The van der Waals surface area contributed by atoms with Gasteiger partial charge in [-0.1, -0.05) is 53.2 Å². The lowest BCUT2D eigenvalue weighted by molar-refractivity contribution is 0.0704. The number of aromatic amines is 1. The predicted molar refractivity (Wildman–Crippen MR) is 121 cm³/mol. The van der Waals surface area contributed by atoms with Crippen LogP contribution in [-0.4, -0.2) is 48.9 Å². The Bertz CT molecular complexity index is 1310. The maximum atomic E-state index is 12.9. The van der Waals surface area contributed by atoms with E-state index in [1.165, 1.54) is 5.56 Å². The minimum Gasteiger partial charge on any atom is -0.338 e. The maximum Gasteiger partial charge on any atom is 0.281 e. The molecule has 1 aliphatic heterocycles. The summed E-state index contributed by atoms with van der Waals surface area (Å²) in [7, 11) is 0. The van der Waals surface area contributed by atoms with Crippen molar-refractivity contribution in [3.8, 4) is 0 Å². The molecular weight excluding hydrogens is 404 g/mol. The lowest BCUT2D eigenvalue weighted by Crippen LogP contribution is -2.39. The molecule has 0 spiro atoms. The third-order valence-electron chi connectivity index (χ3n) is 5.96. The highest BCUT2D eigenvalue weighted by Crippen LogP contribution is 2.26. The van der Waals surface area contributed by atoms with Crippen LogP contribution in [0.4, 0.5) is 0 Å². The first-order valence-electron chi connectivity index (χ1n) is 10.8. The molecule has 0 bridgehead atoms. The molecule has 0 saturated carbocycles. The lowest BCUT2D eigenvalue weighted by atomic mass is 9.96. The summed E-state index contributed by atoms with van der Waals surface area (Å²) in [5, 5.41) is 8.21. The number of amides is 1. The van der Waals surface area contributed by atoms with Gasteiger partial charge in [-0.15, -0.1) is 5.10 Å². The Labute approximate surface area is 184 Å². The van der Waals surface area contributed by atoms with Gasteiger partial charge in [-0.05, 0) is 37.5 Å². The molecule has 1 aliphatic rings. The van der Waals surface area contributed by atoms with Gasteiger partial charge >= 0.3 is 0 Å². The second-order valence-corrected chi connectivity index (χ2v) is 8.31. The zero-order valence-corrected chi connectivity index (χ0v) is 17.9. The Morgan fingerprint density at radius 3 is 2.69 bits per heavy atom. The minimum absolute atomic E-state index is 0.00445. The summed E-state index contributed by atoms with van der Waals surface area (Å²) in [6.45, 7) is 3.74. The zero-order chi connectivity index (χ0) is 22.1. The second-order valence-electron chi connectivity index (χ2n) is 8.31. The van der Waals surface area contributed by atoms with Gasteiger partial charge in [0.1, 0.15) is 5.82 Å². The number of aromatic nitrogens is 5. The molecule has 0 aliphatic carbocycles. The molecule has 1 atom stereocenters. The second kappa shape index (κ2) is 8.37. The fraction of sp³-hybridized carbons (Fsp3) is 0.292. The van der Waals surface area contributed by atoms with Gasteiger partial charge < -0.3 is 9.88 Å². The van der Waals surface area contributed by atoms with Gasteiger partial charge in [0.15, 0.2) is 11.2 Å². The number of benzene rings is 2. The number of hydrogen-bond acceptors (Lipinski definition) is 5. The van der Waals surface area contributed by atoms with Gasteiger partial charge in [0.25, 0.3) is 11.5 Å². The molecule has 162 valence electrons. The third kappa shape index (κ3) is 3.91. The topological polar surface area (TPSA) is 96.8 Å². The lowest BCUT2D eigenvalue weighted by Gasteiger charge is -2.32. The molecule has 1 N–H and O–H groups in total.